The van der Waals surface area contributed by atoms with Gasteiger partial charge >= 0.3 is 0 Å². The molecule has 1 aromatic carbocycles. The zero-order chi connectivity index (χ0) is 16.2. The third-order valence-electron chi connectivity index (χ3n) is 4.56. The van der Waals surface area contributed by atoms with E-state index in [1.807, 2.05) is 12.1 Å². The van der Waals surface area contributed by atoms with Crippen LogP contribution in [0.15, 0.2) is 18.2 Å². The monoisotopic (exact) mass is 331 g/mol. The van der Waals surface area contributed by atoms with E-state index < -0.39 is 0 Å². The van der Waals surface area contributed by atoms with Crippen LogP contribution in [0.5, 0.6) is 0 Å². The van der Waals surface area contributed by atoms with Crippen molar-refractivity contribution in [1.29, 1.82) is 0 Å². The molecule has 0 unspecified atom stereocenters. The maximum Gasteiger partial charge on any atom is 0.0727 e. The molecule has 1 heterocycles. The number of nitrogens with zero attached hydrogens (tertiary/aromatic N) is 2. The van der Waals surface area contributed by atoms with Crippen molar-refractivity contribution in [3.63, 3.8) is 0 Å². The van der Waals surface area contributed by atoms with Crippen LogP contribution in [0, 0.1) is 0 Å². The molecule has 3 rings (SSSR count). The second-order valence-electron chi connectivity index (χ2n) is 6.72. The standard InChI is InChI=1S/C19H26ClN3/c1-23(2)12-6-11-21-19-15-7-4-3-5-8-17(15)22-18-10-9-14(20)13-16(18)19/h9-10,13H,3-8,11-12H2,1-2H3,(H,21,22). The summed E-state index contributed by atoms with van der Waals surface area (Å²) >= 11 is 6.25. The Hall–Kier alpha value is -1.32. The van der Waals surface area contributed by atoms with Crippen LogP contribution in [-0.4, -0.2) is 37.1 Å². The van der Waals surface area contributed by atoms with E-state index in [0.29, 0.717) is 0 Å². The highest BCUT2D eigenvalue weighted by Crippen LogP contribution is 2.34. The number of hydrogen-bond acceptors (Lipinski definition) is 3. The highest BCUT2D eigenvalue weighted by molar-refractivity contribution is 6.31. The van der Waals surface area contributed by atoms with Gasteiger partial charge in [-0.3, -0.25) is 4.98 Å². The minimum Gasteiger partial charge on any atom is -0.384 e. The summed E-state index contributed by atoms with van der Waals surface area (Å²) in [5.74, 6) is 0. The lowest BCUT2D eigenvalue weighted by atomic mass is 10.0. The number of benzene rings is 1. The van der Waals surface area contributed by atoms with E-state index in [1.165, 1.54) is 41.6 Å². The second-order valence-corrected chi connectivity index (χ2v) is 7.15. The molecule has 0 spiro atoms. The normalized spacial score (nSPS) is 14.8. The van der Waals surface area contributed by atoms with Crippen LogP contribution < -0.4 is 5.32 Å². The zero-order valence-electron chi connectivity index (χ0n) is 14.2. The van der Waals surface area contributed by atoms with Crippen molar-refractivity contribution in [2.75, 3.05) is 32.5 Å². The first kappa shape index (κ1) is 16.5. The molecule has 1 aromatic heterocycles. The lowest BCUT2D eigenvalue weighted by molar-refractivity contribution is 0.405. The molecule has 3 nitrogen and oxygen atoms in total. The van der Waals surface area contributed by atoms with Gasteiger partial charge < -0.3 is 10.2 Å². The average molecular weight is 332 g/mol. The van der Waals surface area contributed by atoms with Crippen LogP contribution in [0.4, 0.5) is 5.69 Å². The Morgan fingerprint density at radius 3 is 2.83 bits per heavy atom. The van der Waals surface area contributed by atoms with Gasteiger partial charge in [-0.15, -0.1) is 0 Å². The molecule has 0 fully saturated rings. The smallest absolute Gasteiger partial charge is 0.0727 e. The van der Waals surface area contributed by atoms with Gasteiger partial charge in [0.15, 0.2) is 0 Å². The van der Waals surface area contributed by atoms with Crippen LogP contribution in [0.25, 0.3) is 10.9 Å². The van der Waals surface area contributed by atoms with Gasteiger partial charge in [0, 0.05) is 28.3 Å². The average Bonchev–Trinajstić information content (AvgIpc) is 2.76. The number of aryl methyl sites for hydroxylation is 1. The molecule has 0 saturated carbocycles. The minimum atomic E-state index is 0.782. The molecule has 0 saturated heterocycles. The summed E-state index contributed by atoms with van der Waals surface area (Å²) in [5.41, 5.74) is 5.04. The molecule has 1 aliphatic carbocycles. The van der Waals surface area contributed by atoms with E-state index in [-0.39, 0.29) is 0 Å². The quantitative estimate of drug-likeness (QED) is 0.645. The molecular weight excluding hydrogens is 306 g/mol. The van der Waals surface area contributed by atoms with E-state index in [1.54, 1.807) is 0 Å². The van der Waals surface area contributed by atoms with Gasteiger partial charge in [0.2, 0.25) is 0 Å². The summed E-state index contributed by atoms with van der Waals surface area (Å²) in [4.78, 5) is 7.15. The molecule has 1 aliphatic rings. The summed E-state index contributed by atoms with van der Waals surface area (Å²) < 4.78 is 0. The molecular formula is C19H26ClN3. The topological polar surface area (TPSA) is 28.2 Å². The van der Waals surface area contributed by atoms with Crippen molar-refractivity contribution >= 4 is 28.2 Å². The van der Waals surface area contributed by atoms with Gasteiger partial charge in [-0.05, 0) is 76.5 Å². The van der Waals surface area contributed by atoms with Crippen molar-refractivity contribution in [2.24, 2.45) is 0 Å². The SMILES string of the molecule is CN(C)CCCNc1c2c(nc3ccc(Cl)cc13)CCCCC2. The molecule has 0 aliphatic heterocycles. The molecule has 0 amide bonds. The predicted molar refractivity (Wildman–Crippen MR) is 99.7 cm³/mol. The fourth-order valence-electron chi connectivity index (χ4n) is 3.38. The Bertz CT molecular complexity index is 682. The third kappa shape index (κ3) is 3.96. The van der Waals surface area contributed by atoms with Crippen molar-refractivity contribution < 1.29 is 0 Å². The number of halogens is 1. The van der Waals surface area contributed by atoms with Crippen LogP contribution in [0.1, 0.15) is 36.9 Å². The van der Waals surface area contributed by atoms with Gasteiger partial charge in [-0.2, -0.15) is 0 Å². The fraction of sp³-hybridized carbons (Fsp3) is 0.526. The Balaban J connectivity index is 1.97. The van der Waals surface area contributed by atoms with Crippen molar-refractivity contribution in [3.05, 3.63) is 34.5 Å². The van der Waals surface area contributed by atoms with Gasteiger partial charge in [-0.25, -0.2) is 0 Å². The number of aromatic nitrogens is 1. The Labute approximate surface area is 144 Å². The first-order valence-electron chi connectivity index (χ1n) is 8.65. The first-order chi connectivity index (χ1) is 11.1. The van der Waals surface area contributed by atoms with E-state index in [9.17, 15) is 0 Å². The summed E-state index contributed by atoms with van der Waals surface area (Å²) in [6, 6.07) is 6.05. The predicted octanol–water partition coefficient (Wildman–Crippen LogP) is 4.52. The summed E-state index contributed by atoms with van der Waals surface area (Å²) in [5, 5.41) is 5.65. The summed E-state index contributed by atoms with van der Waals surface area (Å²) in [6.45, 7) is 2.08. The number of anilines is 1. The van der Waals surface area contributed by atoms with Crippen LogP contribution >= 0.6 is 11.6 Å². The number of hydrogen-bond donors (Lipinski definition) is 1. The molecule has 0 atom stereocenters. The van der Waals surface area contributed by atoms with Gasteiger partial charge in [0.05, 0.1) is 5.52 Å². The second kappa shape index (κ2) is 7.50. The zero-order valence-corrected chi connectivity index (χ0v) is 14.9. The summed E-state index contributed by atoms with van der Waals surface area (Å²) in [7, 11) is 4.24. The Kier molecular flexibility index (Phi) is 5.39. The number of pyridine rings is 1. The maximum atomic E-state index is 6.25. The van der Waals surface area contributed by atoms with Crippen LogP contribution in [0.2, 0.25) is 5.02 Å². The lowest BCUT2D eigenvalue weighted by Gasteiger charge is -2.18. The number of rotatable bonds is 5. The highest BCUT2D eigenvalue weighted by Gasteiger charge is 2.17. The highest BCUT2D eigenvalue weighted by atomic mass is 35.5. The number of fused-ring (bicyclic) bond motifs is 2. The van der Waals surface area contributed by atoms with Crippen molar-refractivity contribution in [3.8, 4) is 0 Å². The lowest BCUT2D eigenvalue weighted by Crippen LogP contribution is -2.17. The van der Waals surface area contributed by atoms with Gasteiger partial charge in [-0.1, -0.05) is 18.0 Å². The maximum absolute atomic E-state index is 6.25. The van der Waals surface area contributed by atoms with E-state index in [0.717, 1.165) is 42.9 Å². The molecule has 0 bridgehead atoms. The minimum absolute atomic E-state index is 0.782. The van der Waals surface area contributed by atoms with Gasteiger partial charge in [0.1, 0.15) is 0 Å². The first-order valence-corrected chi connectivity index (χ1v) is 9.02. The third-order valence-corrected chi connectivity index (χ3v) is 4.79. The molecule has 1 N–H and O–H groups in total. The van der Waals surface area contributed by atoms with E-state index in [4.69, 9.17) is 16.6 Å². The Morgan fingerprint density at radius 1 is 1.17 bits per heavy atom. The molecule has 0 radical (unpaired) electrons. The van der Waals surface area contributed by atoms with Crippen LogP contribution in [0.3, 0.4) is 0 Å². The van der Waals surface area contributed by atoms with Gasteiger partial charge in [0.25, 0.3) is 0 Å². The van der Waals surface area contributed by atoms with E-state index >= 15 is 0 Å². The molecule has 124 valence electrons. The van der Waals surface area contributed by atoms with Crippen LogP contribution in [-0.2, 0) is 12.8 Å². The Morgan fingerprint density at radius 2 is 2.00 bits per heavy atom. The number of nitrogens with one attached hydrogen (secondary N) is 1. The molecule has 2 aromatic rings. The van der Waals surface area contributed by atoms with Crippen molar-refractivity contribution in [2.45, 2.75) is 38.5 Å². The molecule has 4 heteroatoms. The largest absolute Gasteiger partial charge is 0.384 e. The molecule has 23 heavy (non-hydrogen) atoms. The fourth-order valence-corrected chi connectivity index (χ4v) is 3.56. The van der Waals surface area contributed by atoms with Crippen molar-refractivity contribution in [1.82, 2.24) is 9.88 Å². The van der Waals surface area contributed by atoms with E-state index in [2.05, 4.69) is 30.4 Å². The summed E-state index contributed by atoms with van der Waals surface area (Å²) in [6.07, 6.45) is 7.16.